The SMILES string of the molecule is CCCCC[C@H]1[C@@H]2CC(=O)N1Cc1cc(cc(OC)c1O)CC[C@@H](OC(C)=O)C[C@@H](O)CCCCCCSSC[C@H](N=C(N)N)C2. The maximum absolute atomic E-state index is 13.6. The van der Waals surface area contributed by atoms with Crippen molar-refractivity contribution in [2.24, 2.45) is 22.4 Å². The lowest BCUT2D eigenvalue weighted by Crippen LogP contribution is -2.36. The maximum atomic E-state index is 13.6. The van der Waals surface area contributed by atoms with Crippen LogP contribution >= 0.6 is 21.6 Å². The van der Waals surface area contributed by atoms with Crippen molar-refractivity contribution in [2.45, 2.75) is 135 Å². The van der Waals surface area contributed by atoms with Gasteiger partial charge in [-0.15, -0.1) is 0 Å². The van der Waals surface area contributed by atoms with Gasteiger partial charge in [-0.2, -0.15) is 0 Å². The Morgan fingerprint density at radius 2 is 1.89 bits per heavy atom. The number of methoxy groups -OCH3 is 1. The Morgan fingerprint density at radius 1 is 1.11 bits per heavy atom. The van der Waals surface area contributed by atoms with E-state index in [1.54, 1.807) is 16.9 Å². The van der Waals surface area contributed by atoms with Crippen LogP contribution in [-0.4, -0.2) is 75.9 Å². The van der Waals surface area contributed by atoms with E-state index in [0.29, 0.717) is 43.4 Å². The van der Waals surface area contributed by atoms with E-state index in [9.17, 15) is 19.8 Å². The minimum atomic E-state index is -0.549. The lowest BCUT2D eigenvalue weighted by Gasteiger charge is -2.30. The maximum Gasteiger partial charge on any atom is 0.302 e. The van der Waals surface area contributed by atoms with E-state index in [1.807, 2.05) is 21.8 Å². The van der Waals surface area contributed by atoms with Crippen molar-refractivity contribution in [2.75, 3.05) is 18.6 Å². The van der Waals surface area contributed by atoms with Crippen LogP contribution in [0.25, 0.3) is 0 Å². The Balaban J connectivity index is 1.92. The van der Waals surface area contributed by atoms with Crippen molar-refractivity contribution in [3.05, 3.63) is 23.3 Å². The summed E-state index contributed by atoms with van der Waals surface area (Å²) >= 11 is 0. The third-order valence-corrected chi connectivity index (χ3v) is 11.5. The number of ether oxygens (including phenoxy) is 2. The number of aliphatic hydroxyl groups is 1. The highest BCUT2D eigenvalue weighted by atomic mass is 33.1. The van der Waals surface area contributed by atoms with E-state index >= 15 is 0 Å². The molecule has 5 atom stereocenters. The number of hydrogen-bond acceptors (Lipinski definition) is 9. The lowest BCUT2D eigenvalue weighted by atomic mass is 9.89. The van der Waals surface area contributed by atoms with E-state index in [1.165, 1.54) is 14.0 Å². The largest absolute Gasteiger partial charge is 0.504 e. The lowest BCUT2D eigenvalue weighted by molar-refractivity contribution is -0.148. The number of carbonyl (C=O) groups is 2. The number of aliphatic imine (C=N–C) groups is 1. The van der Waals surface area contributed by atoms with Gasteiger partial charge in [0.15, 0.2) is 17.5 Å². The van der Waals surface area contributed by atoms with Gasteiger partial charge in [-0.25, -0.2) is 4.99 Å². The number of fused-ring (bicyclic) bond motifs is 4. The summed E-state index contributed by atoms with van der Waals surface area (Å²) in [6.07, 6.45) is 10.5. The van der Waals surface area contributed by atoms with Crippen LogP contribution in [0.3, 0.4) is 0 Å². The highest BCUT2D eigenvalue weighted by Gasteiger charge is 2.40. The normalized spacial score (nSPS) is 25.9. The molecule has 2 heterocycles. The molecule has 0 aromatic heterocycles. The first kappa shape index (κ1) is 38.1. The van der Waals surface area contributed by atoms with Crippen LogP contribution in [0.4, 0.5) is 0 Å². The number of esters is 1. The molecule has 10 nitrogen and oxygen atoms in total. The molecule has 1 aromatic rings. The number of unbranched alkanes of at least 4 members (excludes halogenated alkanes) is 2. The highest BCUT2D eigenvalue weighted by molar-refractivity contribution is 8.76. The van der Waals surface area contributed by atoms with Gasteiger partial charge in [0.25, 0.3) is 0 Å². The minimum absolute atomic E-state index is 0.0129. The van der Waals surface area contributed by atoms with Crippen molar-refractivity contribution in [3.63, 3.8) is 0 Å². The minimum Gasteiger partial charge on any atom is -0.504 e. The fourth-order valence-electron chi connectivity index (χ4n) is 6.70. The molecule has 1 fully saturated rings. The summed E-state index contributed by atoms with van der Waals surface area (Å²) < 4.78 is 11.2. The van der Waals surface area contributed by atoms with Crippen molar-refractivity contribution < 1.29 is 29.3 Å². The van der Waals surface area contributed by atoms with Crippen LogP contribution in [0.1, 0.15) is 108 Å². The Hall–Kier alpha value is -2.31. The number of aryl methyl sites for hydroxylation is 1. The summed E-state index contributed by atoms with van der Waals surface area (Å²) in [4.78, 5) is 32.0. The van der Waals surface area contributed by atoms with Crippen molar-refractivity contribution in [1.82, 2.24) is 4.90 Å². The Bertz CT molecular complexity index is 1140. The molecule has 2 aliphatic rings. The quantitative estimate of drug-likeness (QED) is 0.0926. The Kier molecular flexibility index (Phi) is 16.7. The number of phenolic OH excluding ortho intramolecular Hbond substituents is 1. The second-order valence-electron chi connectivity index (χ2n) is 12.8. The summed E-state index contributed by atoms with van der Waals surface area (Å²) in [5.74, 6) is 2.04. The average molecular weight is 681 g/mol. The number of hydrogen-bond donors (Lipinski definition) is 4. The first-order chi connectivity index (χ1) is 22.1. The van der Waals surface area contributed by atoms with E-state index < -0.39 is 12.2 Å². The molecule has 1 amide bonds. The number of aliphatic hydroxyl groups excluding tert-OH is 1. The fourth-order valence-corrected chi connectivity index (χ4v) is 9.07. The first-order valence-electron chi connectivity index (χ1n) is 17.0. The van der Waals surface area contributed by atoms with Gasteiger partial charge in [0.1, 0.15) is 6.10 Å². The molecule has 12 heteroatoms. The molecule has 0 unspecified atom stereocenters. The molecule has 6 N–H and O–H groups in total. The van der Waals surface area contributed by atoms with Crippen LogP contribution in [0.15, 0.2) is 17.1 Å². The molecule has 1 aromatic carbocycles. The predicted molar refractivity (Wildman–Crippen MR) is 188 cm³/mol. The zero-order chi connectivity index (χ0) is 33.5. The average Bonchev–Trinajstić information content (AvgIpc) is 3.28. The smallest absolute Gasteiger partial charge is 0.302 e. The number of nitrogens with zero attached hydrogens (tertiary/aromatic N) is 2. The van der Waals surface area contributed by atoms with Gasteiger partial charge in [0.2, 0.25) is 5.91 Å². The second-order valence-corrected chi connectivity index (χ2v) is 15.4. The molecule has 3 rings (SSSR count). The third-order valence-electron chi connectivity index (χ3n) is 8.97. The van der Waals surface area contributed by atoms with Crippen LogP contribution in [-0.2, 0) is 27.3 Å². The molecule has 0 aliphatic carbocycles. The highest BCUT2D eigenvalue weighted by Crippen LogP contribution is 2.39. The number of phenols is 1. The van der Waals surface area contributed by atoms with E-state index in [-0.39, 0.29) is 48.1 Å². The standard InChI is InChI=1S/C34H56N4O6S2/c1-4-5-8-12-30-25-18-27(37-34(35)36)22-46-45-15-10-7-6-9-11-28(40)20-29(44-23(2)39)14-13-24-16-26(21-38(30)32(41)19-25)33(42)31(17-24)43-3/h16-17,25,27-30,40,42H,4-15,18-22H2,1-3H3,(H4,35,36,37)/t25-,27+,28-,29+,30-/m0/s1. The van der Waals surface area contributed by atoms with Gasteiger partial charge in [-0.3, -0.25) is 9.59 Å². The zero-order valence-corrected chi connectivity index (χ0v) is 29.6. The number of carbonyl (C=O) groups excluding carboxylic acids is 2. The molecule has 0 spiro atoms. The van der Waals surface area contributed by atoms with Gasteiger partial charge in [0, 0.05) is 49.4 Å². The number of guanidine groups is 1. The van der Waals surface area contributed by atoms with Gasteiger partial charge in [-0.05, 0) is 56.1 Å². The molecular weight excluding hydrogens is 625 g/mol. The van der Waals surface area contributed by atoms with Crippen molar-refractivity contribution in [1.29, 1.82) is 0 Å². The molecular formula is C34H56N4O6S2. The van der Waals surface area contributed by atoms with Crippen LogP contribution in [0.5, 0.6) is 11.5 Å². The summed E-state index contributed by atoms with van der Waals surface area (Å²) in [6.45, 7) is 3.84. The summed E-state index contributed by atoms with van der Waals surface area (Å²) in [5, 5.41) is 21.9. The topological polar surface area (TPSA) is 161 Å². The first-order valence-corrected chi connectivity index (χ1v) is 19.5. The van der Waals surface area contributed by atoms with E-state index in [4.69, 9.17) is 20.9 Å². The fraction of sp³-hybridized carbons (Fsp3) is 0.735. The van der Waals surface area contributed by atoms with E-state index in [0.717, 1.165) is 74.9 Å². The summed E-state index contributed by atoms with van der Waals surface area (Å²) in [7, 11) is 5.13. The molecule has 0 radical (unpaired) electrons. The Labute approximate surface area is 283 Å². The monoisotopic (exact) mass is 680 g/mol. The molecule has 0 saturated carbocycles. The van der Waals surface area contributed by atoms with Crippen molar-refractivity contribution in [3.8, 4) is 11.5 Å². The molecule has 260 valence electrons. The summed E-state index contributed by atoms with van der Waals surface area (Å²) in [6, 6.07) is 3.65. The van der Waals surface area contributed by atoms with E-state index in [2.05, 4.69) is 11.9 Å². The molecule has 4 bridgehead atoms. The second kappa shape index (κ2) is 20.1. The Morgan fingerprint density at radius 3 is 2.61 bits per heavy atom. The molecule has 2 aliphatic heterocycles. The molecule has 1 saturated heterocycles. The van der Waals surface area contributed by atoms with Gasteiger partial charge in [0.05, 0.1) is 19.3 Å². The van der Waals surface area contributed by atoms with Gasteiger partial charge < -0.3 is 36.1 Å². The van der Waals surface area contributed by atoms with Gasteiger partial charge in [-0.1, -0.05) is 73.1 Å². The van der Waals surface area contributed by atoms with Crippen LogP contribution in [0.2, 0.25) is 0 Å². The number of rotatable bonds is 7. The number of nitrogens with two attached hydrogens (primary N) is 2. The number of aromatic hydroxyl groups is 1. The van der Waals surface area contributed by atoms with Crippen LogP contribution < -0.4 is 16.2 Å². The number of amides is 1. The number of benzene rings is 1. The molecule has 46 heavy (non-hydrogen) atoms. The van der Waals surface area contributed by atoms with Crippen molar-refractivity contribution >= 4 is 39.4 Å². The predicted octanol–water partition coefficient (Wildman–Crippen LogP) is 5.69. The zero-order valence-electron chi connectivity index (χ0n) is 28.0. The van der Waals surface area contributed by atoms with Crippen LogP contribution in [0, 0.1) is 5.92 Å². The van der Waals surface area contributed by atoms with Gasteiger partial charge >= 0.3 is 5.97 Å². The third kappa shape index (κ3) is 12.7. The summed E-state index contributed by atoms with van der Waals surface area (Å²) in [5.41, 5.74) is 13.2.